The SMILES string of the molecule is COc1nc(CC(N)C(=O)O)c(C)nc1F. The Morgan fingerprint density at radius 2 is 2.25 bits per heavy atom. The third-order valence-electron chi connectivity index (χ3n) is 2.02. The summed E-state index contributed by atoms with van der Waals surface area (Å²) in [5.41, 5.74) is 5.96. The van der Waals surface area contributed by atoms with Gasteiger partial charge in [0.2, 0.25) is 0 Å². The van der Waals surface area contributed by atoms with E-state index >= 15 is 0 Å². The van der Waals surface area contributed by atoms with Gasteiger partial charge in [-0.15, -0.1) is 0 Å². The van der Waals surface area contributed by atoms with Crippen LogP contribution in [0.5, 0.6) is 5.88 Å². The van der Waals surface area contributed by atoms with E-state index in [4.69, 9.17) is 10.8 Å². The summed E-state index contributed by atoms with van der Waals surface area (Å²) in [5.74, 6) is -2.24. The number of carboxylic acids is 1. The number of rotatable bonds is 4. The lowest BCUT2D eigenvalue weighted by atomic mass is 10.1. The van der Waals surface area contributed by atoms with E-state index in [1.807, 2.05) is 0 Å². The molecule has 0 aliphatic rings. The maximum atomic E-state index is 13.1. The zero-order chi connectivity index (χ0) is 12.3. The summed E-state index contributed by atoms with van der Waals surface area (Å²) in [6.07, 6.45) is -0.0230. The predicted molar refractivity (Wildman–Crippen MR) is 52.6 cm³/mol. The van der Waals surface area contributed by atoms with Crippen LogP contribution in [0.3, 0.4) is 0 Å². The van der Waals surface area contributed by atoms with E-state index in [1.54, 1.807) is 0 Å². The van der Waals surface area contributed by atoms with E-state index in [2.05, 4.69) is 14.7 Å². The molecule has 0 aliphatic heterocycles. The summed E-state index contributed by atoms with van der Waals surface area (Å²) in [4.78, 5) is 17.9. The van der Waals surface area contributed by atoms with Gasteiger partial charge in [-0.05, 0) is 6.92 Å². The van der Waals surface area contributed by atoms with Crippen LogP contribution in [0.1, 0.15) is 11.4 Å². The molecule has 16 heavy (non-hydrogen) atoms. The molecule has 1 aromatic heterocycles. The molecule has 88 valence electrons. The Labute approximate surface area is 91.3 Å². The summed E-state index contributed by atoms with van der Waals surface area (Å²) >= 11 is 0. The first-order chi connectivity index (χ1) is 7.45. The van der Waals surface area contributed by atoms with E-state index in [0.717, 1.165) is 0 Å². The summed E-state index contributed by atoms with van der Waals surface area (Å²) in [7, 11) is 1.25. The minimum atomic E-state index is -1.15. The second-order valence-electron chi connectivity index (χ2n) is 3.20. The van der Waals surface area contributed by atoms with Crippen molar-refractivity contribution in [2.45, 2.75) is 19.4 Å². The monoisotopic (exact) mass is 229 g/mol. The molecule has 0 spiro atoms. The number of aromatic nitrogens is 2. The highest BCUT2D eigenvalue weighted by molar-refractivity contribution is 5.73. The van der Waals surface area contributed by atoms with Crippen molar-refractivity contribution >= 4 is 5.97 Å². The van der Waals surface area contributed by atoms with E-state index in [0.29, 0.717) is 11.4 Å². The lowest BCUT2D eigenvalue weighted by molar-refractivity contribution is -0.138. The third kappa shape index (κ3) is 2.63. The highest BCUT2D eigenvalue weighted by atomic mass is 19.1. The standard InChI is InChI=1S/C9H12FN3O3/c1-4-6(3-5(11)9(14)15)13-8(16-2)7(10)12-4/h5H,3,11H2,1-2H3,(H,14,15). The molecule has 0 saturated heterocycles. The number of aliphatic carboxylic acids is 1. The van der Waals surface area contributed by atoms with Crippen LogP contribution in [-0.4, -0.2) is 34.2 Å². The van der Waals surface area contributed by atoms with Gasteiger partial charge in [0.15, 0.2) is 0 Å². The molecule has 3 N–H and O–H groups in total. The molecule has 0 bridgehead atoms. The van der Waals surface area contributed by atoms with Crippen molar-refractivity contribution in [3.8, 4) is 5.88 Å². The average molecular weight is 229 g/mol. The molecule has 1 atom stereocenters. The van der Waals surface area contributed by atoms with E-state index in [9.17, 15) is 9.18 Å². The maximum Gasteiger partial charge on any atom is 0.320 e. The molecule has 0 radical (unpaired) electrons. The Morgan fingerprint density at radius 3 is 2.75 bits per heavy atom. The van der Waals surface area contributed by atoms with Crippen molar-refractivity contribution in [1.82, 2.24) is 9.97 Å². The smallest absolute Gasteiger partial charge is 0.320 e. The molecular formula is C9H12FN3O3. The number of nitrogens with zero attached hydrogens (tertiary/aromatic N) is 2. The van der Waals surface area contributed by atoms with Gasteiger partial charge in [0, 0.05) is 6.42 Å². The van der Waals surface area contributed by atoms with Crippen LogP contribution >= 0.6 is 0 Å². The van der Waals surface area contributed by atoms with Gasteiger partial charge in [0.25, 0.3) is 11.8 Å². The van der Waals surface area contributed by atoms with Gasteiger partial charge in [-0.1, -0.05) is 0 Å². The van der Waals surface area contributed by atoms with Gasteiger partial charge in [0.05, 0.1) is 18.5 Å². The fourth-order valence-corrected chi connectivity index (χ4v) is 1.13. The molecular weight excluding hydrogens is 217 g/mol. The number of carbonyl (C=O) groups is 1. The zero-order valence-corrected chi connectivity index (χ0v) is 8.90. The minimum absolute atomic E-state index is 0.0230. The molecule has 6 nitrogen and oxygen atoms in total. The Hall–Kier alpha value is -1.76. The van der Waals surface area contributed by atoms with E-state index in [-0.39, 0.29) is 12.3 Å². The average Bonchev–Trinajstić information content (AvgIpc) is 2.21. The first-order valence-electron chi connectivity index (χ1n) is 4.51. The third-order valence-corrected chi connectivity index (χ3v) is 2.02. The quantitative estimate of drug-likeness (QED) is 0.747. The second-order valence-corrected chi connectivity index (χ2v) is 3.20. The fourth-order valence-electron chi connectivity index (χ4n) is 1.13. The molecule has 1 aromatic rings. The van der Waals surface area contributed by atoms with Crippen LogP contribution in [0.2, 0.25) is 0 Å². The van der Waals surface area contributed by atoms with Gasteiger partial charge in [-0.25, -0.2) is 9.97 Å². The lowest BCUT2D eigenvalue weighted by Crippen LogP contribution is -2.33. The van der Waals surface area contributed by atoms with E-state index in [1.165, 1.54) is 14.0 Å². The zero-order valence-electron chi connectivity index (χ0n) is 8.90. The maximum absolute atomic E-state index is 13.1. The topological polar surface area (TPSA) is 98.3 Å². The summed E-state index contributed by atoms with van der Waals surface area (Å²) < 4.78 is 17.7. The van der Waals surface area contributed by atoms with E-state index < -0.39 is 18.0 Å². The molecule has 1 rings (SSSR count). The van der Waals surface area contributed by atoms with Crippen molar-refractivity contribution in [2.24, 2.45) is 5.73 Å². The number of nitrogens with two attached hydrogens (primary N) is 1. The van der Waals surface area contributed by atoms with Crippen LogP contribution in [0.4, 0.5) is 4.39 Å². The Balaban J connectivity index is 3.00. The molecule has 0 saturated carbocycles. The fraction of sp³-hybridized carbons (Fsp3) is 0.444. The van der Waals surface area contributed by atoms with Crippen molar-refractivity contribution in [3.05, 3.63) is 17.3 Å². The highest BCUT2D eigenvalue weighted by Crippen LogP contribution is 2.14. The van der Waals surface area contributed by atoms with Gasteiger partial charge in [0.1, 0.15) is 6.04 Å². The molecule has 1 unspecified atom stereocenters. The minimum Gasteiger partial charge on any atom is -0.480 e. The van der Waals surface area contributed by atoms with Crippen LogP contribution in [0.15, 0.2) is 0 Å². The molecule has 7 heteroatoms. The van der Waals surface area contributed by atoms with Crippen LogP contribution < -0.4 is 10.5 Å². The Kier molecular flexibility index (Phi) is 3.73. The van der Waals surface area contributed by atoms with Crippen molar-refractivity contribution in [1.29, 1.82) is 0 Å². The lowest BCUT2D eigenvalue weighted by Gasteiger charge is -2.09. The van der Waals surface area contributed by atoms with Crippen molar-refractivity contribution < 1.29 is 19.0 Å². The van der Waals surface area contributed by atoms with Crippen molar-refractivity contribution in [2.75, 3.05) is 7.11 Å². The second kappa shape index (κ2) is 4.84. The molecule has 0 amide bonds. The largest absolute Gasteiger partial charge is 0.480 e. The molecule has 0 aromatic carbocycles. The number of halogens is 1. The summed E-state index contributed by atoms with van der Waals surface area (Å²) in [5, 5.41) is 8.64. The molecule has 1 heterocycles. The van der Waals surface area contributed by atoms with Gasteiger partial charge in [-0.2, -0.15) is 4.39 Å². The molecule has 0 aliphatic carbocycles. The predicted octanol–water partition coefficient (Wildman–Crippen LogP) is -0.113. The number of hydrogen-bond acceptors (Lipinski definition) is 5. The van der Waals surface area contributed by atoms with Crippen molar-refractivity contribution in [3.63, 3.8) is 0 Å². The Morgan fingerprint density at radius 1 is 1.62 bits per heavy atom. The number of hydrogen-bond donors (Lipinski definition) is 2. The van der Waals surface area contributed by atoms with Gasteiger partial charge in [-0.3, -0.25) is 4.79 Å². The van der Waals surface area contributed by atoms with Crippen LogP contribution in [0.25, 0.3) is 0 Å². The first kappa shape index (κ1) is 12.3. The van der Waals surface area contributed by atoms with Crippen LogP contribution in [0, 0.1) is 12.9 Å². The summed E-state index contributed by atoms with van der Waals surface area (Å²) in [6, 6.07) is -1.09. The number of methoxy groups -OCH3 is 1. The normalized spacial score (nSPS) is 12.2. The van der Waals surface area contributed by atoms with Gasteiger partial charge >= 0.3 is 5.97 Å². The number of aryl methyl sites for hydroxylation is 1. The Bertz CT molecular complexity index is 411. The van der Waals surface area contributed by atoms with Crippen LogP contribution in [-0.2, 0) is 11.2 Å². The van der Waals surface area contributed by atoms with Gasteiger partial charge < -0.3 is 15.6 Å². The highest BCUT2D eigenvalue weighted by Gasteiger charge is 2.17. The molecule has 0 fully saturated rings. The first-order valence-corrected chi connectivity index (χ1v) is 4.51. The number of ether oxygens (including phenoxy) is 1. The number of carboxylic acid groups (broad SMARTS) is 1. The summed E-state index contributed by atoms with van der Waals surface area (Å²) in [6.45, 7) is 1.53.